The van der Waals surface area contributed by atoms with Gasteiger partial charge in [-0.05, 0) is 63.6 Å². The molecule has 2 N–H and O–H groups in total. The molecule has 1 aliphatic carbocycles. The molecule has 3 fully saturated rings. The van der Waals surface area contributed by atoms with Crippen LogP contribution in [-0.2, 0) is 4.79 Å². The number of benzene rings is 1. The predicted molar refractivity (Wildman–Crippen MR) is 115 cm³/mol. The normalized spacial score (nSPS) is 24.6. The van der Waals surface area contributed by atoms with E-state index in [9.17, 15) is 18.7 Å². The number of aliphatic hydroxyl groups is 1. The highest BCUT2D eigenvalue weighted by atomic mass is 19.1. The number of carbonyl (C=O) groups excluding carboxylic acids is 1. The minimum absolute atomic E-state index is 0.281. The van der Waals surface area contributed by atoms with Crippen LogP contribution in [0.1, 0.15) is 45.6 Å². The molecule has 0 radical (unpaired) electrons. The van der Waals surface area contributed by atoms with Crippen molar-refractivity contribution in [2.45, 2.75) is 64.1 Å². The fraction of sp³-hybridized carbons (Fsp3) is 0.522. The first kappa shape index (κ1) is 23.1. The maximum atomic E-state index is 13.4. The van der Waals surface area contributed by atoms with Crippen LogP contribution in [0.5, 0.6) is 0 Å². The number of anilines is 1. The van der Waals surface area contributed by atoms with Crippen molar-refractivity contribution in [3.05, 3.63) is 41.7 Å². The summed E-state index contributed by atoms with van der Waals surface area (Å²) in [5.41, 5.74) is 0.679. The molecule has 168 valence electrons. The lowest BCUT2D eigenvalue weighted by Crippen LogP contribution is -2.77. The van der Waals surface area contributed by atoms with Gasteiger partial charge in [0, 0.05) is 18.7 Å². The number of halogens is 2. The molecule has 2 saturated heterocycles. The average Bonchev–Trinajstić information content (AvgIpc) is 2.68. The van der Waals surface area contributed by atoms with Crippen LogP contribution in [0.25, 0.3) is 11.4 Å². The first-order valence-electron chi connectivity index (χ1n) is 10.4. The second kappa shape index (κ2) is 8.49. The summed E-state index contributed by atoms with van der Waals surface area (Å²) in [5.74, 6) is 0.162. The topological polar surface area (TPSA) is 78.4 Å². The van der Waals surface area contributed by atoms with E-state index in [1.54, 1.807) is 20.0 Å². The van der Waals surface area contributed by atoms with Gasteiger partial charge in [0.1, 0.15) is 5.82 Å². The van der Waals surface area contributed by atoms with Gasteiger partial charge in [0.2, 0.25) is 6.41 Å². The zero-order valence-corrected chi connectivity index (χ0v) is 18.6. The minimum atomic E-state index is -0.779. The van der Waals surface area contributed by atoms with Gasteiger partial charge in [0.05, 0.1) is 29.2 Å². The quantitative estimate of drug-likeness (QED) is 0.716. The predicted octanol–water partition coefficient (Wildman–Crippen LogP) is 3.93. The van der Waals surface area contributed by atoms with Gasteiger partial charge in [-0.15, -0.1) is 0 Å². The Labute approximate surface area is 181 Å². The van der Waals surface area contributed by atoms with Crippen molar-refractivity contribution in [3.63, 3.8) is 0 Å². The molecule has 3 atom stereocenters. The molecule has 1 unspecified atom stereocenters. The standard InChI is InChI=1S/C12H11F2N3.C11H19NO2/c1-7-3-10(14)11(15-2)4-9(7)12-16-5-8(13)6-17-12;1-8-4-9-6-11(5-8,10(2,3)14)12(9)7-13/h3-6,15H,1-2H3;7-9,14H,4-6H2,1-3H3/t;8-,9-,11?/m.1/s1. The molecule has 2 bridgehead atoms. The third-order valence-corrected chi connectivity index (χ3v) is 6.52. The number of hydrogen-bond donors (Lipinski definition) is 2. The maximum Gasteiger partial charge on any atom is 0.210 e. The van der Waals surface area contributed by atoms with Crippen LogP contribution in [0, 0.1) is 24.5 Å². The smallest absolute Gasteiger partial charge is 0.210 e. The second-order valence-corrected chi connectivity index (χ2v) is 9.13. The lowest BCUT2D eigenvalue weighted by atomic mass is 9.58. The van der Waals surface area contributed by atoms with Gasteiger partial charge in [-0.3, -0.25) is 4.79 Å². The fourth-order valence-electron chi connectivity index (χ4n) is 4.90. The Kier molecular flexibility index (Phi) is 6.32. The van der Waals surface area contributed by atoms with Gasteiger partial charge in [0.25, 0.3) is 0 Å². The minimum Gasteiger partial charge on any atom is -0.388 e. The first-order valence-corrected chi connectivity index (χ1v) is 10.4. The lowest BCUT2D eigenvalue weighted by molar-refractivity contribution is -0.209. The lowest BCUT2D eigenvalue weighted by Gasteiger charge is -2.66. The van der Waals surface area contributed by atoms with Crippen molar-refractivity contribution in [1.29, 1.82) is 0 Å². The molecular formula is C23H30F2N4O2. The summed E-state index contributed by atoms with van der Waals surface area (Å²) in [7, 11) is 1.63. The van der Waals surface area contributed by atoms with Crippen molar-refractivity contribution in [3.8, 4) is 11.4 Å². The number of hydrogen-bond acceptors (Lipinski definition) is 5. The van der Waals surface area contributed by atoms with Gasteiger partial charge in [-0.2, -0.15) is 0 Å². The Morgan fingerprint density at radius 2 is 1.90 bits per heavy atom. The molecule has 3 heterocycles. The van der Waals surface area contributed by atoms with Crippen LogP contribution in [-0.4, -0.2) is 50.6 Å². The molecule has 8 heteroatoms. The van der Waals surface area contributed by atoms with Crippen LogP contribution in [0.4, 0.5) is 14.5 Å². The summed E-state index contributed by atoms with van der Waals surface area (Å²) in [5, 5.41) is 12.9. The first-order chi connectivity index (χ1) is 14.5. The summed E-state index contributed by atoms with van der Waals surface area (Å²) < 4.78 is 26.2. The second-order valence-electron chi connectivity index (χ2n) is 9.13. The molecule has 1 aromatic carbocycles. The third-order valence-electron chi connectivity index (χ3n) is 6.52. The number of amides is 1. The van der Waals surface area contributed by atoms with Crippen molar-refractivity contribution in [2.75, 3.05) is 12.4 Å². The van der Waals surface area contributed by atoms with E-state index in [1.807, 2.05) is 18.7 Å². The summed E-state index contributed by atoms with van der Waals surface area (Å²) in [4.78, 5) is 20.6. The Hall–Kier alpha value is -2.61. The Morgan fingerprint density at radius 3 is 2.45 bits per heavy atom. The number of rotatable bonds is 4. The highest BCUT2D eigenvalue weighted by Gasteiger charge is 2.62. The fourth-order valence-corrected chi connectivity index (χ4v) is 4.90. The maximum absolute atomic E-state index is 13.4. The van der Waals surface area contributed by atoms with E-state index in [1.165, 1.54) is 6.07 Å². The molecule has 6 nitrogen and oxygen atoms in total. The number of nitrogens with zero attached hydrogens (tertiary/aromatic N) is 3. The Morgan fingerprint density at radius 1 is 1.26 bits per heavy atom. The third kappa shape index (κ3) is 4.26. The van der Waals surface area contributed by atoms with Crippen LogP contribution >= 0.6 is 0 Å². The highest BCUT2D eigenvalue weighted by molar-refractivity contribution is 5.66. The SMILES string of the molecule is CNc1cc(-c2ncc(F)cn2)c(C)cc1F.C[C@@H]1C[C@@H]2CC(C(C)(C)O)(C1)N2C=O. The summed E-state index contributed by atoms with van der Waals surface area (Å²) >= 11 is 0. The zero-order chi connectivity index (χ0) is 23.0. The Bertz CT molecular complexity index is 946. The highest BCUT2D eigenvalue weighted by Crippen LogP contribution is 2.53. The van der Waals surface area contributed by atoms with E-state index >= 15 is 0 Å². The van der Waals surface area contributed by atoms with Crippen molar-refractivity contribution in [2.24, 2.45) is 5.92 Å². The summed E-state index contributed by atoms with van der Waals surface area (Å²) in [6, 6.07) is 3.38. The largest absolute Gasteiger partial charge is 0.388 e. The average molecular weight is 433 g/mol. The molecule has 0 spiro atoms. The molecule has 2 aromatic rings. The van der Waals surface area contributed by atoms with Crippen LogP contribution < -0.4 is 5.32 Å². The summed E-state index contributed by atoms with van der Waals surface area (Å²) in [6.45, 7) is 7.59. The molecular weight excluding hydrogens is 402 g/mol. The molecule has 31 heavy (non-hydrogen) atoms. The van der Waals surface area contributed by atoms with Gasteiger partial charge < -0.3 is 15.3 Å². The van der Waals surface area contributed by atoms with Crippen molar-refractivity contribution in [1.82, 2.24) is 14.9 Å². The molecule has 1 aromatic heterocycles. The van der Waals surface area contributed by atoms with Crippen LogP contribution in [0.3, 0.4) is 0 Å². The van der Waals surface area contributed by atoms with Crippen LogP contribution in [0.15, 0.2) is 24.5 Å². The molecule has 2 aliphatic heterocycles. The number of fused-ring (bicyclic) bond motifs is 2. The molecule has 3 aliphatic rings. The van der Waals surface area contributed by atoms with Gasteiger partial charge in [0.15, 0.2) is 11.6 Å². The molecule has 1 amide bonds. The van der Waals surface area contributed by atoms with Crippen molar-refractivity contribution < 1.29 is 18.7 Å². The Balaban J connectivity index is 0.000000179. The van der Waals surface area contributed by atoms with E-state index in [0.29, 0.717) is 34.6 Å². The zero-order valence-electron chi connectivity index (χ0n) is 18.6. The van der Waals surface area contributed by atoms with Gasteiger partial charge in [-0.1, -0.05) is 6.92 Å². The van der Waals surface area contributed by atoms with E-state index in [-0.39, 0.29) is 11.4 Å². The van der Waals surface area contributed by atoms with E-state index < -0.39 is 11.4 Å². The van der Waals surface area contributed by atoms with E-state index in [4.69, 9.17) is 0 Å². The number of carbonyl (C=O) groups is 1. The van der Waals surface area contributed by atoms with E-state index in [2.05, 4.69) is 22.2 Å². The van der Waals surface area contributed by atoms with Crippen LogP contribution in [0.2, 0.25) is 0 Å². The number of aromatic nitrogens is 2. The number of piperidine rings is 1. The van der Waals surface area contributed by atoms with E-state index in [0.717, 1.165) is 38.1 Å². The molecule has 5 rings (SSSR count). The monoisotopic (exact) mass is 432 g/mol. The summed E-state index contributed by atoms with van der Waals surface area (Å²) in [6.07, 6.45) is 6.09. The number of aryl methyl sites for hydroxylation is 1. The number of nitrogens with one attached hydrogen (secondary N) is 1. The van der Waals surface area contributed by atoms with Crippen molar-refractivity contribution >= 4 is 12.1 Å². The molecule has 1 saturated carbocycles. The van der Waals surface area contributed by atoms with Gasteiger partial charge in [-0.25, -0.2) is 18.7 Å². The van der Waals surface area contributed by atoms with Gasteiger partial charge >= 0.3 is 0 Å².